The summed E-state index contributed by atoms with van der Waals surface area (Å²) in [5, 5.41) is 13.4. The van der Waals surface area contributed by atoms with E-state index in [1.54, 1.807) is 6.92 Å². The molecule has 9 nitrogen and oxygen atoms in total. The van der Waals surface area contributed by atoms with Crippen LogP contribution in [0.4, 0.5) is 13.2 Å². The molecule has 1 aliphatic carbocycles. The van der Waals surface area contributed by atoms with Crippen molar-refractivity contribution in [3.8, 4) is 0 Å². The van der Waals surface area contributed by atoms with E-state index in [1.165, 1.54) is 12.4 Å². The minimum Gasteiger partial charge on any atom is -0.481 e. The number of aliphatic carboxylic acids is 1. The summed E-state index contributed by atoms with van der Waals surface area (Å²) in [5.41, 5.74) is -3.57. The number of carboxylic acids is 1. The molecule has 2 aromatic heterocycles. The van der Waals surface area contributed by atoms with E-state index in [-0.39, 0.29) is 47.8 Å². The van der Waals surface area contributed by atoms with E-state index in [4.69, 9.17) is 27.9 Å². The van der Waals surface area contributed by atoms with Gasteiger partial charge < -0.3 is 14.7 Å². The number of carbonyl (C=O) groups excluding carboxylic acids is 2. The van der Waals surface area contributed by atoms with Crippen molar-refractivity contribution in [3.05, 3.63) is 45.5 Å². The Kier molecular flexibility index (Phi) is 8.78. The van der Waals surface area contributed by atoms with Crippen LogP contribution < -0.4 is 0 Å². The van der Waals surface area contributed by atoms with Gasteiger partial charge in [0.05, 0.1) is 57.1 Å². The van der Waals surface area contributed by atoms with Crippen molar-refractivity contribution in [1.82, 2.24) is 19.7 Å². The summed E-state index contributed by atoms with van der Waals surface area (Å²) in [4.78, 5) is 43.5. The SMILES string of the molecule is CC1(C)CC[C@@H](CN(CC(=O)c2c(Cl)cncc2Cl)C(=O)c2cnn([C@H]3CC[C@](C)(C(=O)O)CC3)c2C(F)(F)F)O1. The fraction of sp³-hybridized carbons (Fsp3) is 0.593. The first-order valence-electron chi connectivity index (χ1n) is 13.2. The summed E-state index contributed by atoms with van der Waals surface area (Å²) in [6.45, 7) is 4.55. The van der Waals surface area contributed by atoms with Crippen molar-refractivity contribution in [2.24, 2.45) is 5.41 Å². The van der Waals surface area contributed by atoms with Crippen LogP contribution in [0.5, 0.6) is 0 Å². The Balaban J connectivity index is 1.67. The Hall–Kier alpha value is -2.70. The molecule has 0 radical (unpaired) electrons. The molecular formula is C27H31Cl2F3N4O5. The van der Waals surface area contributed by atoms with Gasteiger partial charge in [-0.1, -0.05) is 23.2 Å². The van der Waals surface area contributed by atoms with Gasteiger partial charge >= 0.3 is 12.1 Å². The van der Waals surface area contributed by atoms with E-state index in [1.807, 2.05) is 13.8 Å². The van der Waals surface area contributed by atoms with Crippen LogP contribution in [-0.4, -0.2) is 67.2 Å². The number of carbonyl (C=O) groups is 3. The fourth-order valence-electron chi connectivity index (χ4n) is 5.55. The molecule has 1 N–H and O–H groups in total. The average molecular weight is 619 g/mol. The third-order valence-electron chi connectivity index (χ3n) is 7.95. The van der Waals surface area contributed by atoms with Gasteiger partial charge in [0, 0.05) is 18.9 Å². The highest BCUT2D eigenvalue weighted by Gasteiger charge is 2.45. The Morgan fingerprint density at radius 3 is 2.20 bits per heavy atom. The second kappa shape index (κ2) is 11.5. The number of ketones is 1. The van der Waals surface area contributed by atoms with Gasteiger partial charge in [0.2, 0.25) is 0 Å². The van der Waals surface area contributed by atoms with Gasteiger partial charge in [-0.05, 0) is 59.3 Å². The molecule has 1 aliphatic heterocycles. The normalized spacial score (nSPS) is 24.3. The summed E-state index contributed by atoms with van der Waals surface area (Å²) < 4.78 is 50.2. The Bertz CT molecular complexity index is 1320. The summed E-state index contributed by atoms with van der Waals surface area (Å²) in [6.07, 6.45) is -0.361. The van der Waals surface area contributed by atoms with Gasteiger partial charge in [0.15, 0.2) is 11.5 Å². The molecule has 1 saturated carbocycles. The number of hydrogen-bond acceptors (Lipinski definition) is 6. The third kappa shape index (κ3) is 6.70. The topological polar surface area (TPSA) is 115 Å². The van der Waals surface area contributed by atoms with Crippen molar-refractivity contribution in [2.45, 2.75) is 83.2 Å². The molecule has 41 heavy (non-hydrogen) atoms. The minimum atomic E-state index is -4.95. The first kappa shape index (κ1) is 31.2. The Morgan fingerprint density at radius 1 is 1.07 bits per heavy atom. The first-order valence-corrected chi connectivity index (χ1v) is 14.0. The highest BCUT2D eigenvalue weighted by atomic mass is 35.5. The maximum atomic E-state index is 14.5. The quantitative estimate of drug-likeness (QED) is 0.356. The number of pyridine rings is 1. The molecule has 1 saturated heterocycles. The first-order chi connectivity index (χ1) is 19.0. The number of nitrogens with zero attached hydrogens (tertiary/aromatic N) is 4. The van der Waals surface area contributed by atoms with E-state index in [0.29, 0.717) is 12.8 Å². The molecule has 4 rings (SSSR count). The van der Waals surface area contributed by atoms with E-state index in [9.17, 15) is 32.7 Å². The zero-order valence-electron chi connectivity index (χ0n) is 22.8. The van der Waals surface area contributed by atoms with Gasteiger partial charge in [0.1, 0.15) is 0 Å². The molecule has 2 aromatic rings. The molecule has 2 aliphatic rings. The summed E-state index contributed by atoms with van der Waals surface area (Å²) in [5.74, 6) is -2.72. The Labute approximate surface area is 244 Å². The largest absolute Gasteiger partial charge is 0.481 e. The number of carboxylic acid groups (broad SMARTS) is 1. The van der Waals surface area contributed by atoms with Gasteiger partial charge in [-0.15, -0.1) is 0 Å². The fourth-order valence-corrected chi connectivity index (χ4v) is 6.12. The lowest BCUT2D eigenvalue weighted by atomic mass is 9.74. The third-order valence-corrected chi connectivity index (χ3v) is 8.52. The van der Waals surface area contributed by atoms with Crippen molar-refractivity contribution in [1.29, 1.82) is 0 Å². The molecule has 0 aromatic carbocycles. The number of alkyl halides is 3. The van der Waals surface area contributed by atoms with Crippen LogP contribution in [0.3, 0.4) is 0 Å². The maximum absolute atomic E-state index is 14.5. The summed E-state index contributed by atoms with van der Waals surface area (Å²) in [7, 11) is 0. The zero-order valence-corrected chi connectivity index (χ0v) is 24.3. The monoisotopic (exact) mass is 618 g/mol. The van der Waals surface area contributed by atoms with Crippen LogP contribution in [0.2, 0.25) is 10.0 Å². The molecule has 2 fully saturated rings. The van der Waals surface area contributed by atoms with E-state index < -0.39 is 64.8 Å². The van der Waals surface area contributed by atoms with Gasteiger partial charge in [-0.2, -0.15) is 18.3 Å². The molecule has 0 bridgehead atoms. The highest BCUT2D eigenvalue weighted by molar-refractivity contribution is 6.39. The number of aromatic nitrogens is 3. The second-order valence-electron chi connectivity index (χ2n) is 11.6. The molecule has 1 amide bonds. The van der Waals surface area contributed by atoms with Crippen LogP contribution in [0.25, 0.3) is 0 Å². The predicted molar refractivity (Wildman–Crippen MR) is 143 cm³/mol. The summed E-state index contributed by atoms with van der Waals surface area (Å²) in [6, 6.07) is -0.746. The van der Waals surface area contributed by atoms with Gasteiger partial charge in [-0.25, -0.2) is 0 Å². The van der Waals surface area contributed by atoms with E-state index in [0.717, 1.165) is 15.8 Å². The standard InChI is InChI=1S/C27H31Cl2F3N4O5/c1-25(2)7-6-16(41-25)13-35(14-20(37)21-18(28)11-33-12-19(21)29)23(38)17-10-34-36(22(17)27(30,31)32)15-4-8-26(3,9-5-15)24(39)40/h10-12,15-16H,4-9,13-14H2,1-3H3,(H,39,40)/t15-,16-,26-/m0/s1. The number of ether oxygens (including phenoxy) is 1. The van der Waals surface area contributed by atoms with Crippen molar-refractivity contribution < 1.29 is 37.4 Å². The van der Waals surface area contributed by atoms with Gasteiger partial charge in [0.25, 0.3) is 5.91 Å². The molecule has 14 heteroatoms. The number of amides is 1. The van der Waals surface area contributed by atoms with Crippen LogP contribution in [-0.2, 0) is 15.7 Å². The molecule has 0 spiro atoms. The van der Waals surface area contributed by atoms with Crippen molar-refractivity contribution in [2.75, 3.05) is 13.1 Å². The Morgan fingerprint density at radius 2 is 1.68 bits per heavy atom. The minimum absolute atomic E-state index is 0.0531. The lowest BCUT2D eigenvalue weighted by molar-refractivity contribution is -0.152. The van der Waals surface area contributed by atoms with Crippen LogP contribution in [0.15, 0.2) is 18.6 Å². The zero-order chi connectivity index (χ0) is 30.3. The lowest BCUT2D eigenvalue weighted by Crippen LogP contribution is -2.42. The smallest absolute Gasteiger partial charge is 0.433 e. The van der Waals surface area contributed by atoms with Crippen LogP contribution in [0.1, 0.15) is 91.7 Å². The number of rotatable bonds is 8. The summed E-state index contributed by atoms with van der Waals surface area (Å²) >= 11 is 12.3. The molecule has 0 unspecified atom stereocenters. The average Bonchev–Trinajstić information content (AvgIpc) is 3.46. The molecular weight excluding hydrogens is 588 g/mol. The maximum Gasteiger partial charge on any atom is 0.433 e. The lowest BCUT2D eigenvalue weighted by Gasteiger charge is -2.34. The van der Waals surface area contributed by atoms with Gasteiger partial charge in [-0.3, -0.25) is 24.0 Å². The number of Topliss-reactive ketones (excluding diaryl/α,β-unsaturated/α-hetero) is 1. The number of hydrogen-bond donors (Lipinski definition) is 1. The second-order valence-corrected chi connectivity index (χ2v) is 12.4. The highest BCUT2D eigenvalue weighted by Crippen LogP contribution is 2.43. The van der Waals surface area contributed by atoms with E-state index >= 15 is 0 Å². The van der Waals surface area contributed by atoms with Crippen LogP contribution >= 0.6 is 23.2 Å². The van der Waals surface area contributed by atoms with Crippen LogP contribution in [0, 0.1) is 5.41 Å². The molecule has 3 heterocycles. The predicted octanol–water partition coefficient (Wildman–Crippen LogP) is 6.09. The molecule has 1 atom stereocenters. The number of halogens is 5. The van der Waals surface area contributed by atoms with Crippen molar-refractivity contribution in [3.63, 3.8) is 0 Å². The van der Waals surface area contributed by atoms with Crippen molar-refractivity contribution >= 4 is 40.9 Å². The van der Waals surface area contributed by atoms with E-state index in [2.05, 4.69) is 10.1 Å². The molecule has 224 valence electrons.